The number of anilines is 5. The summed E-state index contributed by atoms with van der Waals surface area (Å²) in [5.74, 6) is -1.68. The number of rotatable bonds is 6. The van der Waals surface area contributed by atoms with Crippen molar-refractivity contribution in [3.63, 3.8) is 0 Å². The average molecular weight is 515 g/mol. The fraction of sp³-hybridized carbons (Fsp3) is 0. The van der Waals surface area contributed by atoms with Gasteiger partial charge in [-0.05, 0) is 42.5 Å². The number of nitrogens with two attached hydrogens (primary N) is 1. The molecule has 4 aromatic rings. The molecule has 0 aliphatic heterocycles. The van der Waals surface area contributed by atoms with E-state index in [-0.39, 0.29) is 26.8 Å². The predicted octanol–water partition coefficient (Wildman–Crippen LogP) is 7.02. The minimum Gasteiger partial charge on any atom is -0.397 e. The molecule has 0 spiro atoms. The number of hydrogen-bond acceptors (Lipinski definition) is 5. The minimum atomic E-state index is -0.609. The van der Waals surface area contributed by atoms with E-state index in [1.54, 1.807) is 54.6 Å². The highest BCUT2D eigenvalue weighted by atomic mass is 35.5. The maximum atomic E-state index is 14.3. The van der Waals surface area contributed by atoms with E-state index >= 15 is 0 Å². The van der Waals surface area contributed by atoms with Crippen LogP contribution in [0.5, 0.6) is 0 Å². The average Bonchev–Trinajstić information content (AvgIpc) is 3.13. The summed E-state index contributed by atoms with van der Waals surface area (Å²) >= 11 is 13.1. The van der Waals surface area contributed by atoms with Crippen LogP contribution in [0.15, 0.2) is 72.8 Å². The molecule has 10 heteroatoms. The monoisotopic (exact) mass is 514 g/mol. The fourth-order valence-electron chi connectivity index (χ4n) is 3.11. The molecule has 0 aliphatic carbocycles. The first-order valence-electron chi connectivity index (χ1n) is 9.90. The second-order valence-electron chi connectivity index (χ2n) is 7.05. The Hall–Kier alpha value is -3.59. The van der Waals surface area contributed by atoms with Crippen LogP contribution in [0.3, 0.4) is 0 Å². The Balaban J connectivity index is 1.72. The predicted molar refractivity (Wildman–Crippen MR) is 137 cm³/mol. The van der Waals surface area contributed by atoms with E-state index in [0.717, 1.165) is 11.3 Å². The summed E-state index contributed by atoms with van der Waals surface area (Å²) in [7, 11) is 0. The molecule has 0 saturated carbocycles. The molecule has 0 atom stereocenters. The van der Waals surface area contributed by atoms with Crippen LogP contribution in [-0.4, -0.2) is 11.8 Å². The van der Waals surface area contributed by atoms with Crippen LogP contribution in [0.25, 0.3) is 0 Å². The van der Waals surface area contributed by atoms with Crippen molar-refractivity contribution >= 4 is 74.1 Å². The van der Waals surface area contributed by atoms with Gasteiger partial charge in [-0.2, -0.15) is 0 Å². The third-order valence-electron chi connectivity index (χ3n) is 4.71. The van der Waals surface area contributed by atoms with Gasteiger partial charge in [0.05, 0.1) is 27.6 Å². The smallest absolute Gasteiger partial charge is 0.267 e. The highest BCUT2D eigenvalue weighted by Crippen LogP contribution is 2.39. The van der Waals surface area contributed by atoms with Crippen molar-refractivity contribution in [1.29, 1.82) is 0 Å². The van der Waals surface area contributed by atoms with Gasteiger partial charge < -0.3 is 21.7 Å². The molecule has 4 rings (SSSR count). The molecule has 2 amide bonds. The van der Waals surface area contributed by atoms with Gasteiger partial charge in [0.2, 0.25) is 0 Å². The number of carbonyl (C=O) groups is 2. The molecule has 0 radical (unpaired) electrons. The van der Waals surface area contributed by atoms with Gasteiger partial charge in [-0.15, -0.1) is 11.3 Å². The van der Waals surface area contributed by atoms with E-state index < -0.39 is 17.6 Å². The van der Waals surface area contributed by atoms with Gasteiger partial charge in [0.15, 0.2) is 0 Å². The molecular formula is C24H17Cl2FN4O2S. The van der Waals surface area contributed by atoms with Crippen molar-refractivity contribution in [1.82, 2.24) is 0 Å². The third kappa shape index (κ3) is 5.14. The number of thiophene rings is 1. The summed E-state index contributed by atoms with van der Waals surface area (Å²) in [4.78, 5) is 26.3. The van der Waals surface area contributed by atoms with Crippen molar-refractivity contribution in [3.05, 3.63) is 99.1 Å². The van der Waals surface area contributed by atoms with Crippen LogP contribution in [0.4, 0.5) is 32.1 Å². The topological polar surface area (TPSA) is 96.2 Å². The molecule has 172 valence electrons. The quantitative estimate of drug-likeness (QED) is 0.222. The number of benzene rings is 3. The van der Waals surface area contributed by atoms with Crippen molar-refractivity contribution in [2.45, 2.75) is 0 Å². The highest BCUT2D eigenvalue weighted by molar-refractivity contribution is 7.19. The normalized spacial score (nSPS) is 10.6. The zero-order valence-electron chi connectivity index (χ0n) is 17.4. The summed E-state index contributed by atoms with van der Waals surface area (Å²) in [6.07, 6.45) is 0. The number of nitrogen functional groups attached to an aromatic ring is 1. The van der Waals surface area contributed by atoms with Gasteiger partial charge in [-0.1, -0.05) is 53.5 Å². The van der Waals surface area contributed by atoms with E-state index in [2.05, 4.69) is 16.0 Å². The van der Waals surface area contributed by atoms with Gasteiger partial charge in [0.1, 0.15) is 15.7 Å². The van der Waals surface area contributed by atoms with Crippen LogP contribution in [0.2, 0.25) is 10.0 Å². The molecule has 0 unspecified atom stereocenters. The third-order valence-corrected chi connectivity index (χ3v) is 6.39. The molecule has 0 bridgehead atoms. The Morgan fingerprint density at radius 2 is 1.56 bits per heavy atom. The molecular weight excluding hydrogens is 498 g/mol. The molecule has 3 aromatic carbocycles. The van der Waals surface area contributed by atoms with E-state index in [1.165, 1.54) is 18.2 Å². The number of amides is 2. The van der Waals surface area contributed by atoms with E-state index in [9.17, 15) is 14.0 Å². The second-order valence-corrected chi connectivity index (χ2v) is 8.92. The van der Waals surface area contributed by atoms with Crippen LogP contribution in [0, 0.1) is 5.82 Å². The summed E-state index contributed by atoms with van der Waals surface area (Å²) in [5.41, 5.74) is 7.14. The molecule has 34 heavy (non-hydrogen) atoms. The SMILES string of the molecule is Nc1c(C(=O)Nc2cccc(Cl)c2)sc(Nc2ccccc2F)c1C(=O)Nc1ccccc1Cl. The molecule has 0 saturated heterocycles. The van der Waals surface area contributed by atoms with E-state index in [1.807, 2.05) is 0 Å². The maximum absolute atomic E-state index is 14.3. The molecule has 5 N–H and O–H groups in total. The van der Waals surface area contributed by atoms with E-state index in [0.29, 0.717) is 21.4 Å². The van der Waals surface area contributed by atoms with Gasteiger partial charge in [-0.25, -0.2) is 4.39 Å². The molecule has 6 nitrogen and oxygen atoms in total. The lowest BCUT2D eigenvalue weighted by atomic mass is 10.2. The summed E-state index contributed by atoms with van der Waals surface area (Å²) in [6.45, 7) is 0. The van der Waals surface area contributed by atoms with Crippen molar-refractivity contribution in [2.24, 2.45) is 0 Å². The first-order chi connectivity index (χ1) is 16.3. The molecule has 0 aliphatic rings. The Morgan fingerprint density at radius 3 is 2.26 bits per heavy atom. The zero-order valence-corrected chi connectivity index (χ0v) is 19.7. The summed E-state index contributed by atoms with van der Waals surface area (Å²) < 4.78 is 14.3. The lowest BCUT2D eigenvalue weighted by molar-refractivity contribution is 0.102. The lowest BCUT2D eigenvalue weighted by Crippen LogP contribution is -2.16. The molecule has 1 heterocycles. The molecule has 1 aromatic heterocycles. The Bertz CT molecular complexity index is 1390. The first kappa shape index (κ1) is 23.6. The van der Waals surface area contributed by atoms with Crippen LogP contribution >= 0.6 is 34.5 Å². The number of para-hydroxylation sites is 2. The van der Waals surface area contributed by atoms with Gasteiger partial charge in [-0.3, -0.25) is 9.59 Å². The van der Waals surface area contributed by atoms with Crippen LogP contribution in [-0.2, 0) is 0 Å². The highest BCUT2D eigenvalue weighted by Gasteiger charge is 2.27. The Kier molecular flexibility index (Phi) is 7.02. The van der Waals surface area contributed by atoms with Crippen molar-refractivity contribution < 1.29 is 14.0 Å². The minimum absolute atomic E-state index is 0.00980. The van der Waals surface area contributed by atoms with Gasteiger partial charge >= 0.3 is 0 Å². The van der Waals surface area contributed by atoms with Crippen LogP contribution in [0.1, 0.15) is 20.0 Å². The zero-order chi connectivity index (χ0) is 24.2. The fourth-order valence-corrected chi connectivity index (χ4v) is 4.51. The molecule has 0 fully saturated rings. The Labute approximate surface area is 208 Å². The second kappa shape index (κ2) is 10.1. The number of halogens is 3. The number of hydrogen-bond donors (Lipinski definition) is 4. The van der Waals surface area contributed by atoms with Gasteiger partial charge in [0, 0.05) is 10.7 Å². The van der Waals surface area contributed by atoms with E-state index in [4.69, 9.17) is 28.9 Å². The lowest BCUT2D eigenvalue weighted by Gasteiger charge is -2.10. The van der Waals surface area contributed by atoms with Crippen molar-refractivity contribution in [3.8, 4) is 0 Å². The van der Waals surface area contributed by atoms with Crippen LogP contribution < -0.4 is 21.7 Å². The van der Waals surface area contributed by atoms with Gasteiger partial charge in [0.25, 0.3) is 11.8 Å². The largest absolute Gasteiger partial charge is 0.397 e. The Morgan fingerprint density at radius 1 is 0.853 bits per heavy atom. The maximum Gasteiger partial charge on any atom is 0.267 e. The summed E-state index contributed by atoms with van der Waals surface area (Å²) in [5, 5.41) is 9.24. The number of carbonyl (C=O) groups excluding carboxylic acids is 2. The standard InChI is InChI=1S/C24H17Cl2FN4O2S/c25-13-6-5-7-14(12-13)29-23(33)21-20(28)19(22(32)30-17-10-3-1-8-15(17)26)24(34-21)31-18-11-4-2-9-16(18)27/h1-12,31H,28H2,(H,29,33)(H,30,32). The number of nitrogens with one attached hydrogen (secondary N) is 3. The van der Waals surface area contributed by atoms with Crippen molar-refractivity contribution in [2.75, 3.05) is 21.7 Å². The summed E-state index contributed by atoms with van der Waals surface area (Å²) in [6, 6.07) is 19.2. The first-order valence-corrected chi connectivity index (χ1v) is 11.5.